The number of amides is 1. The van der Waals surface area contributed by atoms with Gasteiger partial charge in [-0.1, -0.05) is 32.1 Å². The maximum Gasteiger partial charge on any atom is 0.410 e. The third-order valence-electron chi connectivity index (χ3n) is 2.41. The van der Waals surface area contributed by atoms with Crippen molar-refractivity contribution in [1.29, 1.82) is 0 Å². The van der Waals surface area contributed by atoms with Gasteiger partial charge in [0, 0.05) is 5.41 Å². The van der Waals surface area contributed by atoms with Crippen LogP contribution in [-0.4, -0.2) is 17.0 Å². The Morgan fingerprint density at radius 3 is 2.53 bits per heavy atom. The lowest BCUT2D eigenvalue weighted by molar-refractivity contribution is 0.200. The molecule has 1 aliphatic rings. The molecule has 2 N–H and O–H groups in total. The molecule has 0 aromatic heterocycles. The van der Waals surface area contributed by atoms with Crippen LogP contribution >= 0.6 is 0 Å². The minimum absolute atomic E-state index is 0.00728. The van der Waals surface area contributed by atoms with Crippen LogP contribution in [0.2, 0.25) is 0 Å². The van der Waals surface area contributed by atoms with E-state index in [-0.39, 0.29) is 5.41 Å². The summed E-state index contributed by atoms with van der Waals surface area (Å²) in [5.41, 5.74) is 1.78. The molecule has 4 nitrogen and oxygen atoms in total. The van der Waals surface area contributed by atoms with E-state index in [1.807, 2.05) is 25.2 Å². The Bertz CT molecular complexity index is 440. The lowest BCUT2D eigenvalue weighted by atomic mass is 9.93. The molecule has 0 atom stereocenters. The highest BCUT2D eigenvalue weighted by molar-refractivity contribution is 5.93. The molecule has 92 valence electrons. The normalized spacial score (nSPS) is 19.2. The number of carbonyl (C=O) groups is 1. The highest BCUT2D eigenvalue weighted by atomic mass is 16.4. The summed E-state index contributed by atoms with van der Waals surface area (Å²) in [5, 5.41) is 10.8. The second-order valence-electron chi connectivity index (χ2n) is 4.68. The van der Waals surface area contributed by atoms with Crippen LogP contribution in [0.25, 0.3) is 0 Å². The van der Waals surface area contributed by atoms with E-state index in [2.05, 4.69) is 30.2 Å². The second-order valence-corrected chi connectivity index (χ2v) is 4.68. The van der Waals surface area contributed by atoms with Gasteiger partial charge in [0.05, 0.1) is 5.70 Å². The maximum absolute atomic E-state index is 10.5. The van der Waals surface area contributed by atoms with Gasteiger partial charge in [-0.2, -0.15) is 0 Å². The van der Waals surface area contributed by atoms with E-state index < -0.39 is 6.09 Å². The van der Waals surface area contributed by atoms with Crippen molar-refractivity contribution >= 4 is 11.9 Å². The van der Waals surface area contributed by atoms with E-state index in [0.29, 0.717) is 5.84 Å². The van der Waals surface area contributed by atoms with Crippen molar-refractivity contribution in [3.05, 3.63) is 35.6 Å². The quantitative estimate of drug-likeness (QED) is 0.541. The molecule has 0 spiro atoms. The van der Waals surface area contributed by atoms with E-state index >= 15 is 0 Å². The SMILES string of the molecule is CC(=NC1=C(C)C=CC(C)(C)C=C1)NC(=O)O. The van der Waals surface area contributed by atoms with Crippen molar-refractivity contribution in [2.45, 2.75) is 27.7 Å². The van der Waals surface area contributed by atoms with Crippen molar-refractivity contribution in [3.8, 4) is 0 Å². The fourth-order valence-electron chi connectivity index (χ4n) is 1.39. The number of amidine groups is 1. The molecule has 0 aliphatic heterocycles. The van der Waals surface area contributed by atoms with Gasteiger partial charge in [0.2, 0.25) is 0 Å². The molecular formula is C13H18N2O2. The Morgan fingerprint density at radius 1 is 1.35 bits per heavy atom. The number of hydrogen-bond acceptors (Lipinski definition) is 2. The monoisotopic (exact) mass is 234 g/mol. The molecule has 1 amide bonds. The predicted octanol–water partition coefficient (Wildman–Crippen LogP) is 3.10. The van der Waals surface area contributed by atoms with Gasteiger partial charge in [-0.3, -0.25) is 5.32 Å². The fourth-order valence-corrected chi connectivity index (χ4v) is 1.39. The van der Waals surface area contributed by atoms with E-state index in [0.717, 1.165) is 11.3 Å². The molecule has 1 rings (SSSR count). The molecule has 0 saturated carbocycles. The smallest absolute Gasteiger partial charge is 0.410 e. The molecule has 0 heterocycles. The van der Waals surface area contributed by atoms with Gasteiger partial charge in [0.1, 0.15) is 5.84 Å². The molecule has 0 aromatic rings. The van der Waals surface area contributed by atoms with Crippen LogP contribution in [0, 0.1) is 5.41 Å². The van der Waals surface area contributed by atoms with Gasteiger partial charge in [0.25, 0.3) is 0 Å². The van der Waals surface area contributed by atoms with E-state index in [1.165, 1.54) is 0 Å². The Kier molecular flexibility index (Phi) is 3.89. The van der Waals surface area contributed by atoms with Gasteiger partial charge in [-0.25, -0.2) is 9.79 Å². The lowest BCUT2D eigenvalue weighted by Crippen LogP contribution is -2.26. The molecular weight excluding hydrogens is 216 g/mol. The highest BCUT2D eigenvalue weighted by Gasteiger charge is 2.12. The second kappa shape index (κ2) is 4.99. The molecule has 0 aromatic carbocycles. The van der Waals surface area contributed by atoms with Gasteiger partial charge < -0.3 is 5.11 Å². The van der Waals surface area contributed by atoms with Gasteiger partial charge in [0.15, 0.2) is 0 Å². The molecule has 1 aliphatic carbocycles. The first-order chi connectivity index (χ1) is 7.80. The first kappa shape index (κ1) is 13.2. The first-order valence-electron chi connectivity index (χ1n) is 5.45. The summed E-state index contributed by atoms with van der Waals surface area (Å²) in [4.78, 5) is 14.7. The average Bonchev–Trinajstić information content (AvgIpc) is 2.30. The van der Waals surface area contributed by atoms with Crippen LogP contribution in [-0.2, 0) is 0 Å². The molecule has 0 radical (unpaired) electrons. The van der Waals surface area contributed by atoms with Crippen LogP contribution in [0.3, 0.4) is 0 Å². The van der Waals surface area contributed by atoms with Crippen LogP contribution in [0.5, 0.6) is 0 Å². The number of allylic oxidation sites excluding steroid dienone is 5. The summed E-state index contributed by atoms with van der Waals surface area (Å²) < 4.78 is 0. The Hall–Kier alpha value is -1.84. The van der Waals surface area contributed by atoms with Gasteiger partial charge in [-0.05, 0) is 25.5 Å². The Labute approximate surface area is 101 Å². The summed E-state index contributed by atoms with van der Waals surface area (Å²) in [5.74, 6) is 0.365. The number of rotatable bonds is 1. The van der Waals surface area contributed by atoms with Crippen molar-refractivity contribution in [1.82, 2.24) is 5.32 Å². The summed E-state index contributed by atoms with van der Waals surface area (Å²) in [7, 11) is 0. The Morgan fingerprint density at radius 2 is 1.94 bits per heavy atom. The van der Waals surface area contributed by atoms with Crippen molar-refractivity contribution < 1.29 is 9.90 Å². The zero-order valence-corrected chi connectivity index (χ0v) is 10.6. The van der Waals surface area contributed by atoms with E-state index in [4.69, 9.17) is 5.11 Å². The minimum atomic E-state index is -1.10. The summed E-state index contributed by atoms with van der Waals surface area (Å²) >= 11 is 0. The number of carboxylic acid groups (broad SMARTS) is 1. The van der Waals surface area contributed by atoms with Gasteiger partial charge in [-0.15, -0.1) is 0 Å². The predicted molar refractivity (Wildman–Crippen MR) is 69.0 cm³/mol. The molecule has 0 unspecified atom stereocenters. The van der Waals surface area contributed by atoms with Crippen molar-refractivity contribution in [3.63, 3.8) is 0 Å². The Balaban J connectivity index is 2.98. The zero-order chi connectivity index (χ0) is 13.1. The summed E-state index contributed by atoms with van der Waals surface area (Å²) in [6, 6.07) is 0. The first-order valence-corrected chi connectivity index (χ1v) is 5.45. The molecule has 0 saturated heterocycles. The number of aliphatic imine (C=N–C) groups is 1. The summed E-state index contributed by atoms with van der Waals surface area (Å²) in [6.07, 6.45) is 6.97. The number of nitrogens with zero attached hydrogens (tertiary/aromatic N) is 1. The molecule has 0 bridgehead atoms. The number of nitrogens with one attached hydrogen (secondary N) is 1. The molecule has 17 heavy (non-hydrogen) atoms. The van der Waals surface area contributed by atoms with E-state index in [9.17, 15) is 4.79 Å². The van der Waals surface area contributed by atoms with Crippen molar-refractivity contribution in [2.75, 3.05) is 0 Å². The van der Waals surface area contributed by atoms with Crippen LogP contribution in [0.15, 0.2) is 40.6 Å². The van der Waals surface area contributed by atoms with Crippen molar-refractivity contribution in [2.24, 2.45) is 10.4 Å². The average molecular weight is 234 g/mol. The minimum Gasteiger partial charge on any atom is -0.465 e. The third-order valence-corrected chi connectivity index (χ3v) is 2.41. The number of hydrogen-bond donors (Lipinski definition) is 2. The van der Waals surface area contributed by atoms with Crippen LogP contribution < -0.4 is 5.32 Å². The lowest BCUT2D eigenvalue weighted by Gasteiger charge is -2.12. The largest absolute Gasteiger partial charge is 0.465 e. The molecule has 0 fully saturated rings. The maximum atomic E-state index is 10.5. The van der Waals surface area contributed by atoms with Crippen LogP contribution in [0.4, 0.5) is 4.79 Å². The summed E-state index contributed by atoms with van der Waals surface area (Å²) in [6.45, 7) is 7.78. The standard InChI is InChI=1S/C13H18N2O2/c1-9-5-7-13(3,4)8-6-11(9)14-10(2)15-12(16)17/h5-8H,1-4H3,(H,14,15)(H,16,17). The third kappa shape index (κ3) is 4.26. The van der Waals surface area contributed by atoms with Gasteiger partial charge >= 0.3 is 6.09 Å². The van der Waals surface area contributed by atoms with Crippen LogP contribution in [0.1, 0.15) is 27.7 Å². The zero-order valence-electron chi connectivity index (χ0n) is 10.6. The highest BCUT2D eigenvalue weighted by Crippen LogP contribution is 2.25. The fraction of sp³-hybridized carbons (Fsp3) is 0.385. The molecule has 4 heteroatoms. The topological polar surface area (TPSA) is 61.7 Å². The van der Waals surface area contributed by atoms with E-state index in [1.54, 1.807) is 6.92 Å².